The van der Waals surface area contributed by atoms with E-state index in [1.54, 1.807) is 0 Å². The van der Waals surface area contributed by atoms with Gasteiger partial charge in [0, 0.05) is 0 Å². The van der Waals surface area contributed by atoms with Crippen LogP contribution in [0.15, 0.2) is 0 Å². The van der Waals surface area contributed by atoms with Gasteiger partial charge in [-0.25, -0.2) is 9.59 Å². The van der Waals surface area contributed by atoms with E-state index in [1.807, 2.05) is 0 Å². The largest absolute Gasteiger partial charge is 0.479 e. The summed E-state index contributed by atoms with van der Waals surface area (Å²) in [5.41, 5.74) is -3.68. The Kier molecular flexibility index (Phi) is 4.44. The molecule has 2 amide bonds. The highest BCUT2D eigenvalue weighted by Gasteiger charge is 2.58. The van der Waals surface area contributed by atoms with E-state index in [0.717, 1.165) is 10.6 Å². The van der Waals surface area contributed by atoms with Crippen LogP contribution in [-0.4, -0.2) is 41.5 Å². The van der Waals surface area contributed by atoms with Gasteiger partial charge in [0.25, 0.3) is 0 Å². The molecular weight excluding hydrogens is 274 g/mol. The van der Waals surface area contributed by atoms with Crippen LogP contribution in [0.1, 0.15) is 6.92 Å². The predicted octanol–water partition coefficient (Wildman–Crippen LogP) is 1.25. The summed E-state index contributed by atoms with van der Waals surface area (Å²) in [5.74, 6) is -2.45. The van der Waals surface area contributed by atoms with Crippen LogP contribution in [0.4, 0.5) is 31.1 Å². The molecule has 0 aromatic heterocycles. The van der Waals surface area contributed by atoms with E-state index in [1.165, 1.54) is 0 Å². The van der Waals surface area contributed by atoms with Gasteiger partial charge in [-0.1, -0.05) is 0 Å². The number of alkyl halides is 6. The van der Waals surface area contributed by atoms with Crippen LogP contribution in [0.2, 0.25) is 0 Å². The molecule has 0 aliphatic heterocycles. The molecule has 0 aliphatic carbocycles. The van der Waals surface area contributed by atoms with Gasteiger partial charge in [0.05, 0.1) is 0 Å². The van der Waals surface area contributed by atoms with Gasteiger partial charge in [-0.2, -0.15) is 26.3 Å². The number of carbonyl (C=O) groups excluding carboxylic acids is 1. The number of carbonyl (C=O) groups is 2. The van der Waals surface area contributed by atoms with Crippen molar-refractivity contribution in [3.05, 3.63) is 0 Å². The van der Waals surface area contributed by atoms with Crippen molar-refractivity contribution in [3.63, 3.8) is 0 Å². The maximum Gasteiger partial charge on any atom is 0.422 e. The Hall–Kier alpha value is -1.68. The van der Waals surface area contributed by atoms with Crippen molar-refractivity contribution in [1.29, 1.82) is 0 Å². The molecule has 11 heteroatoms. The molecule has 0 saturated heterocycles. The third-order valence-corrected chi connectivity index (χ3v) is 1.81. The summed E-state index contributed by atoms with van der Waals surface area (Å²) in [4.78, 5) is 21.2. The first-order valence-electron chi connectivity index (χ1n) is 4.22. The van der Waals surface area contributed by atoms with Crippen molar-refractivity contribution in [1.82, 2.24) is 10.6 Å². The van der Waals surface area contributed by atoms with Crippen molar-refractivity contribution < 1.29 is 41.0 Å². The number of halogens is 6. The number of rotatable bonds is 3. The van der Waals surface area contributed by atoms with E-state index < -0.39 is 36.4 Å². The van der Waals surface area contributed by atoms with E-state index >= 15 is 0 Å². The highest BCUT2D eigenvalue weighted by Crippen LogP contribution is 2.30. The predicted molar refractivity (Wildman–Crippen MR) is 44.7 cm³/mol. The minimum atomic E-state index is -5.37. The van der Waals surface area contributed by atoms with Crippen molar-refractivity contribution in [2.75, 3.05) is 6.54 Å². The summed E-state index contributed by atoms with van der Waals surface area (Å²) >= 11 is 0. The van der Waals surface area contributed by atoms with E-state index in [-0.39, 0.29) is 6.92 Å². The second-order valence-electron chi connectivity index (χ2n) is 3.35. The molecule has 0 aromatic rings. The lowest BCUT2D eigenvalue weighted by molar-refractivity contribution is -0.203. The summed E-state index contributed by atoms with van der Waals surface area (Å²) in [6, 6.07) is -1.89. The maximum atomic E-state index is 12.3. The van der Waals surface area contributed by atoms with Crippen LogP contribution in [0.5, 0.6) is 0 Å². The van der Waals surface area contributed by atoms with Crippen LogP contribution in [-0.2, 0) is 4.79 Å². The zero-order chi connectivity index (χ0) is 14.8. The SMILES string of the molecule is CC(NC(=O)NCC(F)(F)F)(C(=O)O)C(F)(F)F. The Labute approximate surface area is 96.1 Å². The second kappa shape index (κ2) is 4.90. The normalized spacial score (nSPS) is 15.7. The lowest BCUT2D eigenvalue weighted by Gasteiger charge is -2.28. The summed E-state index contributed by atoms with van der Waals surface area (Å²) in [6.07, 6.45) is -10.2. The van der Waals surface area contributed by atoms with Gasteiger partial charge >= 0.3 is 24.4 Å². The molecule has 1 atom stereocenters. The van der Waals surface area contributed by atoms with Gasteiger partial charge in [-0.15, -0.1) is 0 Å². The fourth-order valence-electron chi connectivity index (χ4n) is 0.697. The van der Waals surface area contributed by atoms with Crippen molar-refractivity contribution >= 4 is 12.0 Å². The fraction of sp³-hybridized carbons (Fsp3) is 0.714. The molecule has 1 unspecified atom stereocenters. The Morgan fingerprint density at radius 2 is 1.56 bits per heavy atom. The highest BCUT2D eigenvalue weighted by atomic mass is 19.4. The number of hydrogen-bond acceptors (Lipinski definition) is 2. The van der Waals surface area contributed by atoms with Crippen LogP contribution >= 0.6 is 0 Å². The minimum absolute atomic E-state index is 0.114. The first kappa shape index (κ1) is 16.3. The Morgan fingerprint density at radius 3 is 1.83 bits per heavy atom. The molecule has 0 saturated carbocycles. The van der Waals surface area contributed by atoms with Crippen LogP contribution in [0, 0.1) is 0 Å². The first-order chi connectivity index (χ1) is 7.79. The molecule has 0 radical (unpaired) electrons. The van der Waals surface area contributed by atoms with E-state index in [0.29, 0.717) is 0 Å². The first-order valence-corrected chi connectivity index (χ1v) is 4.22. The van der Waals surface area contributed by atoms with Crippen LogP contribution < -0.4 is 10.6 Å². The van der Waals surface area contributed by atoms with Gasteiger partial charge in [0.1, 0.15) is 6.54 Å². The second-order valence-corrected chi connectivity index (χ2v) is 3.35. The molecule has 106 valence electrons. The summed E-state index contributed by atoms with van der Waals surface area (Å²) in [5, 5.41) is 10.4. The fourth-order valence-corrected chi connectivity index (χ4v) is 0.697. The van der Waals surface area contributed by atoms with Crippen molar-refractivity contribution in [2.45, 2.75) is 24.8 Å². The standard InChI is InChI=1S/C7H8F6N2O3/c1-5(3(16)17,7(11,12)13)15-4(18)14-2-6(8,9)10/h2H2,1H3,(H,16,17)(H2,14,15,18). The van der Waals surface area contributed by atoms with Gasteiger partial charge in [-0.05, 0) is 6.92 Å². The van der Waals surface area contributed by atoms with Crippen LogP contribution in [0.3, 0.4) is 0 Å². The Balaban J connectivity index is 4.74. The molecule has 3 N–H and O–H groups in total. The van der Waals surface area contributed by atoms with Crippen molar-refractivity contribution in [2.24, 2.45) is 0 Å². The molecule has 0 aliphatic rings. The monoisotopic (exact) mass is 282 g/mol. The van der Waals surface area contributed by atoms with Gasteiger partial charge in [0.2, 0.25) is 5.54 Å². The molecule has 0 aromatic carbocycles. The maximum absolute atomic E-state index is 12.3. The van der Waals surface area contributed by atoms with E-state index in [2.05, 4.69) is 0 Å². The summed E-state index contributed by atoms with van der Waals surface area (Å²) < 4.78 is 72.0. The molecule has 5 nitrogen and oxygen atoms in total. The lowest BCUT2D eigenvalue weighted by Crippen LogP contribution is -2.64. The molecular formula is C7H8F6N2O3. The molecule has 0 rings (SSSR count). The van der Waals surface area contributed by atoms with Gasteiger partial charge in [-0.3, -0.25) is 0 Å². The molecule has 0 bridgehead atoms. The number of nitrogens with one attached hydrogen (secondary N) is 2. The number of carboxylic acids is 1. The smallest absolute Gasteiger partial charge is 0.422 e. The zero-order valence-corrected chi connectivity index (χ0v) is 8.74. The van der Waals surface area contributed by atoms with Crippen LogP contribution in [0.25, 0.3) is 0 Å². The summed E-state index contributed by atoms with van der Waals surface area (Å²) in [7, 11) is 0. The average molecular weight is 282 g/mol. The number of amides is 2. The average Bonchev–Trinajstić information content (AvgIpc) is 2.11. The van der Waals surface area contributed by atoms with E-state index in [9.17, 15) is 35.9 Å². The zero-order valence-electron chi connectivity index (χ0n) is 8.74. The van der Waals surface area contributed by atoms with Crippen molar-refractivity contribution in [3.8, 4) is 0 Å². The Morgan fingerprint density at radius 1 is 1.11 bits per heavy atom. The van der Waals surface area contributed by atoms with E-state index in [4.69, 9.17) is 5.11 Å². The highest BCUT2D eigenvalue weighted by molar-refractivity contribution is 5.86. The molecule has 0 spiro atoms. The topological polar surface area (TPSA) is 78.4 Å². The lowest BCUT2D eigenvalue weighted by atomic mass is 10.0. The third kappa shape index (κ3) is 4.30. The Bertz CT molecular complexity index is 339. The summed E-state index contributed by atoms with van der Waals surface area (Å²) in [6.45, 7) is -1.77. The number of urea groups is 1. The van der Waals surface area contributed by atoms with Gasteiger partial charge in [0.15, 0.2) is 0 Å². The quantitative estimate of drug-likeness (QED) is 0.682. The molecule has 0 fully saturated rings. The molecule has 0 heterocycles. The third-order valence-electron chi connectivity index (χ3n) is 1.81. The number of aliphatic carboxylic acids is 1. The molecule has 18 heavy (non-hydrogen) atoms. The number of carboxylic acid groups (broad SMARTS) is 1. The van der Waals surface area contributed by atoms with Gasteiger partial charge < -0.3 is 15.7 Å². The number of hydrogen-bond donors (Lipinski definition) is 3. The minimum Gasteiger partial charge on any atom is -0.479 e.